The van der Waals surface area contributed by atoms with E-state index in [4.69, 9.17) is 28.7 Å². The highest BCUT2D eigenvalue weighted by Crippen LogP contribution is 2.50. The number of fused-ring (bicyclic) bond motifs is 2. The van der Waals surface area contributed by atoms with Gasteiger partial charge in [-0.2, -0.15) is 0 Å². The fourth-order valence-electron chi connectivity index (χ4n) is 6.57. The van der Waals surface area contributed by atoms with Crippen molar-refractivity contribution in [3.63, 3.8) is 0 Å². The van der Waals surface area contributed by atoms with E-state index in [1.165, 1.54) is 0 Å². The van der Waals surface area contributed by atoms with E-state index in [9.17, 15) is 5.11 Å². The molecule has 0 unspecified atom stereocenters. The maximum absolute atomic E-state index is 11.6. The summed E-state index contributed by atoms with van der Waals surface area (Å²) in [5.41, 5.74) is 7.34. The summed E-state index contributed by atoms with van der Waals surface area (Å²) in [5, 5.41) is 11.6. The molecule has 0 radical (unpaired) electrons. The van der Waals surface area contributed by atoms with Crippen molar-refractivity contribution in [3.8, 4) is 46.0 Å². The topological polar surface area (TPSA) is 82.0 Å². The van der Waals surface area contributed by atoms with Gasteiger partial charge >= 0.3 is 0 Å². The van der Waals surface area contributed by atoms with Gasteiger partial charge in [0.1, 0.15) is 5.75 Å². The fraction of sp³-hybridized carbons (Fsp3) is 0.306. The maximum Gasteiger partial charge on any atom is 0.201 e. The maximum atomic E-state index is 11.6. The van der Waals surface area contributed by atoms with Gasteiger partial charge in [0.15, 0.2) is 34.5 Å². The Balaban J connectivity index is 1.44. The standard InChI is InChI=1S/C36H36N2O6/c1-38-14-12-24-19-33(42-4)35(39)36-34(24)28(38)16-21-5-8-25(9-6-21)43-31-17-22(7-10-29(31)40-2)15-27-26-20-32(44-36)30(41-3)18-23(26)11-13-37-27/h5-10,17-20,28,39H,11-16H2,1-4H3/t28-/m1/s1. The number of methoxy groups -OCH3 is 3. The fourth-order valence-corrected chi connectivity index (χ4v) is 6.57. The number of benzene rings is 4. The Morgan fingerprint density at radius 2 is 1.52 bits per heavy atom. The molecule has 0 spiro atoms. The van der Waals surface area contributed by atoms with Crippen LogP contribution in [0.5, 0.6) is 46.0 Å². The highest BCUT2D eigenvalue weighted by Gasteiger charge is 2.33. The molecular formula is C36H36N2O6. The highest BCUT2D eigenvalue weighted by atomic mass is 16.5. The normalized spacial score (nSPS) is 17.3. The van der Waals surface area contributed by atoms with Crippen LogP contribution in [-0.4, -0.2) is 57.2 Å². The van der Waals surface area contributed by atoms with Gasteiger partial charge in [0.05, 0.1) is 21.3 Å². The summed E-state index contributed by atoms with van der Waals surface area (Å²) in [7, 11) is 6.98. The van der Waals surface area contributed by atoms with Gasteiger partial charge in [0, 0.05) is 42.4 Å². The van der Waals surface area contributed by atoms with E-state index >= 15 is 0 Å². The second-order valence-electron chi connectivity index (χ2n) is 11.5. The molecule has 1 N–H and O–H groups in total. The molecule has 4 heterocycles. The SMILES string of the molecule is COc1ccc2cc1Oc1ccc(cc1)C[C@@H]1c3c(cc(OC)c(O)c3Oc3cc4c(cc3OC)CCN=C4C2)CCN1C. The van der Waals surface area contributed by atoms with E-state index in [-0.39, 0.29) is 11.8 Å². The summed E-state index contributed by atoms with van der Waals surface area (Å²) in [5.74, 6) is 3.93. The Morgan fingerprint density at radius 3 is 2.30 bits per heavy atom. The summed E-state index contributed by atoms with van der Waals surface area (Å²) in [6.07, 6.45) is 2.92. The zero-order valence-electron chi connectivity index (χ0n) is 25.5. The zero-order chi connectivity index (χ0) is 30.4. The quantitative estimate of drug-likeness (QED) is 0.284. The number of aliphatic imine (C=N–C) groups is 1. The van der Waals surface area contributed by atoms with E-state index in [0.717, 1.165) is 64.2 Å². The van der Waals surface area contributed by atoms with Crippen LogP contribution in [0.3, 0.4) is 0 Å². The predicted molar refractivity (Wildman–Crippen MR) is 169 cm³/mol. The van der Waals surface area contributed by atoms with Crippen molar-refractivity contribution in [2.45, 2.75) is 31.7 Å². The molecule has 0 aliphatic carbocycles. The smallest absolute Gasteiger partial charge is 0.201 e. The Hall–Kier alpha value is -4.69. The van der Waals surface area contributed by atoms with E-state index in [0.29, 0.717) is 53.9 Å². The zero-order valence-corrected chi connectivity index (χ0v) is 25.5. The van der Waals surface area contributed by atoms with Crippen molar-refractivity contribution >= 4 is 5.71 Å². The summed E-state index contributed by atoms with van der Waals surface area (Å²) in [6.45, 7) is 1.56. The molecular weight excluding hydrogens is 556 g/mol. The molecule has 4 aromatic carbocycles. The molecule has 0 aromatic heterocycles. The molecule has 226 valence electrons. The van der Waals surface area contributed by atoms with Crippen molar-refractivity contribution in [1.82, 2.24) is 4.90 Å². The molecule has 8 rings (SSSR count). The molecule has 4 aliphatic rings. The van der Waals surface area contributed by atoms with Gasteiger partial charge in [-0.1, -0.05) is 18.2 Å². The average Bonchev–Trinajstić information content (AvgIpc) is 3.04. The predicted octanol–water partition coefficient (Wildman–Crippen LogP) is 6.68. The third kappa shape index (κ3) is 4.99. The van der Waals surface area contributed by atoms with Gasteiger partial charge in [-0.15, -0.1) is 0 Å². The molecule has 4 aliphatic heterocycles. The van der Waals surface area contributed by atoms with E-state index in [2.05, 4.69) is 24.1 Å². The van der Waals surface area contributed by atoms with Crippen LogP contribution in [0.15, 0.2) is 65.7 Å². The monoisotopic (exact) mass is 592 g/mol. The molecule has 0 saturated heterocycles. The average molecular weight is 593 g/mol. The molecule has 0 saturated carbocycles. The van der Waals surface area contributed by atoms with E-state index in [1.807, 2.05) is 48.5 Å². The highest BCUT2D eigenvalue weighted by molar-refractivity contribution is 6.04. The van der Waals surface area contributed by atoms with Gasteiger partial charge in [-0.05, 0) is 91.0 Å². The summed E-state index contributed by atoms with van der Waals surface area (Å²) >= 11 is 0. The number of ether oxygens (including phenoxy) is 5. The molecule has 4 aromatic rings. The van der Waals surface area contributed by atoms with Crippen LogP contribution in [0.25, 0.3) is 0 Å². The van der Waals surface area contributed by atoms with Crippen molar-refractivity contribution in [2.75, 3.05) is 41.5 Å². The lowest BCUT2D eigenvalue weighted by Gasteiger charge is -2.36. The number of rotatable bonds is 3. The lowest BCUT2D eigenvalue weighted by Crippen LogP contribution is -2.33. The Labute approximate surface area is 257 Å². The number of phenols is 1. The van der Waals surface area contributed by atoms with Crippen LogP contribution in [-0.2, 0) is 25.7 Å². The number of likely N-dealkylation sites (N-methyl/N-ethyl adjacent to an activating group) is 1. The molecule has 6 bridgehead atoms. The minimum Gasteiger partial charge on any atom is -0.502 e. The van der Waals surface area contributed by atoms with Crippen LogP contribution in [0.1, 0.15) is 39.4 Å². The van der Waals surface area contributed by atoms with E-state index in [1.54, 1.807) is 21.3 Å². The summed E-state index contributed by atoms with van der Waals surface area (Å²) < 4.78 is 30.2. The van der Waals surface area contributed by atoms with Crippen LogP contribution in [0.2, 0.25) is 0 Å². The second-order valence-corrected chi connectivity index (χ2v) is 11.5. The largest absolute Gasteiger partial charge is 0.502 e. The second kappa shape index (κ2) is 11.4. The van der Waals surface area contributed by atoms with Crippen LogP contribution in [0.4, 0.5) is 0 Å². The minimum absolute atomic E-state index is 0.0240. The van der Waals surface area contributed by atoms with Gasteiger partial charge in [0.25, 0.3) is 0 Å². The van der Waals surface area contributed by atoms with Gasteiger partial charge in [-0.3, -0.25) is 9.89 Å². The van der Waals surface area contributed by atoms with Gasteiger partial charge in [0.2, 0.25) is 5.75 Å². The first-order valence-electron chi connectivity index (χ1n) is 14.9. The molecule has 44 heavy (non-hydrogen) atoms. The third-order valence-electron chi connectivity index (χ3n) is 8.94. The first kappa shape index (κ1) is 28.1. The van der Waals surface area contributed by atoms with Crippen molar-refractivity contribution in [3.05, 3.63) is 94.0 Å². The minimum atomic E-state index is -0.0475. The molecule has 0 amide bonds. The number of hydrogen-bond donors (Lipinski definition) is 1. The van der Waals surface area contributed by atoms with Crippen LogP contribution in [0, 0.1) is 0 Å². The van der Waals surface area contributed by atoms with E-state index < -0.39 is 0 Å². The molecule has 1 atom stereocenters. The Morgan fingerprint density at radius 1 is 0.795 bits per heavy atom. The summed E-state index contributed by atoms with van der Waals surface area (Å²) in [6, 6.07) is 20.1. The van der Waals surface area contributed by atoms with Gasteiger partial charge < -0.3 is 28.8 Å². The van der Waals surface area contributed by atoms with Crippen LogP contribution < -0.4 is 23.7 Å². The summed E-state index contributed by atoms with van der Waals surface area (Å²) in [4.78, 5) is 7.26. The Kier molecular flexibility index (Phi) is 7.30. The third-order valence-corrected chi connectivity index (χ3v) is 8.94. The molecule has 0 fully saturated rings. The first-order valence-corrected chi connectivity index (χ1v) is 14.9. The van der Waals surface area contributed by atoms with Crippen molar-refractivity contribution in [2.24, 2.45) is 4.99 Å². The van der Waals surface area contributed by atoms with Crippen molar-refractivity contribution in [1.29, 1.82) is 0 Å². The van der Waals surface area contributed by atoms with Crippen molar-refractivity contribution < 1.29 is 28.8 Å². The Bertz CT molecular complexity index is 1760. The first-order chi connectivity index (χ1) is 21.4. The van der Waals surface area contributed by atoms with Gasteiger partial charge in [-0.25, -0.2) is 0 Å². The number of phenolic OH excluding ortho intramolecular Hbond substituents is 1. The molecule has 8 nitrogen and oxygen atoms in total. The number of hydrogen-bond acceptors (Lipinski definition) is 8. The van der Waals surface area contributed by atoms with Crippen LogP contribution >= 0.6 is 0 Å². The number of aromatic hydroxyl groups is 1. The molecule has 8 heteroatoms. The lowest BCUT2D eigenvalue weighted by molar-refractivity contribution is 0.221. The lowest BCUT2D eigenvalue weighted by atomic mass is 9.87. The number of nitrogens with zero attached hydrogens (tertiary/aromatic N) is 2.